The van der Waals surface area contributed by atoms with Gasteiger partial charge in [-0.15, -0.1) is 0 Å². The molecule has 0 saturated heterocycles. The summed E-state index contributed by atoms with van der Waals surface area (Å²) >= 11 is 0. The van der Waals surface area contributed by atoms with Crippen molar-refractivity contribution in [1.29, 1.82) is 0 Å². The molecule has 108 valence electrons. The Labute approximate surface area is 129 Å². The van der Waals surface area contributed by atoms with Crippen LogP contribution in [-0.4, -0.2) is 0 Å². The van der Waals surface area contributed by atoms with Gasteiger partial charge in [-0.05, 0) is 11.6 Å². The zero-order valence-corrected chi connectivity index (χ0v) is 12.2. The first-order chi connectivity index (χ1) is 10.4. The second-order valence-electron chi connectivity index (χ2n) is 5.03. The van der Waals surface area contributed by atoms with E-state index in [2.05, 4.69) is 48.5 Å². The number of fused-ring (bicyclic) bond motifs is 1. The molecule has 3 N–H and O–H groups in total. The SMILES string of the molecule is N.c1ccc(-c2oc3ccccc3c2-c2ccccc2)cc1. The van der Waals surface area contributed by atoms with E-state index >= 15 is 0 Å². The van der Waals surface area contributed by atoms with Gasteiger partial charge in [0.2, 0.25) is 0 Å². The largest absolute Gasteiger partial charge is 0.455 e. The van der Waals surface area contributed by atoms with Crippen LogP contribution in [0.2, 0.25) is 0 Å². The van der Waals surface area contributed by atoms with E-state index in [1.807, 2.05) is 36.4 Å². The third-order valence-electron chi connectivity index (χ3n) is 3.69. The van der Waals surface area contributed by atoms with Crippen LogP contribution in [0.4, 0.5) is 0 Å². The smallest absolute Gasteiger partial charge is 0.143 e. The summed E-state index contributed by atoms with van der Waals surface area (Å²) in [5.74, 6) is 0.933. The Balaban J connectivity index is 0.00000144. The summed E-state index contributed by atoms with van der Waals surface area (Å²) in [5.41, 5.74) is 4.38. The van der Waals surface area contributed by atoms with E-state index in [0.29, 0.717) is 0 Å². The normalized spacial score (nSPS) is 10.4. The quantitative estimate of drug-likeness (QED) is 0.496. The standard InChI is InChI=1S/C20H14O.H3N/c1-3-9-15(10-4-1)19-17-13-7-8-14-18(17)21-20(19)16-11-5-2-6-12-16;/h1-14H;1H3. The Bertz CT molecular complexity index is 879. The van der Waals surface area contributed by atoms with Gasteiger partial charge in [0.25, 0.3) is 0 Å². The van der Waals surface area contributed by atoms with Crippen molar-refractivity contribution < 1.29 is 4.42 Å². The van der Waals surface area contributed by atoms with Crippen molar-refractivity contribution in [3.63, 3.8) is 0 Å². The first-order valence-electron chi connectivity index (χ1n) is 7.06. The molecule has 2 nitrogen and oxygen atoms in total. The minimum absolute atomic E-state index is 0. The molecule has 1 heterocycles. The molecule has 0 unspecified atom stereocenters. The molecule has 0 fully saturated rings. The summed E-state index contributed by atoms with van der Waals surface area (Å²) in [7, 11) is 0. The maximum Gasteiger partial charge on any atom is 0.143 e. The van der Waals surface area contributed by atoms with Crippen LogP contribution in [0.15, 0.2) is 89.3 Å². The molecule has 4 aromatic rings. The number of hydrogen-bond acceptors (Lipinski definition) is 2. The van der Waals surface area contributed by atoms with Crippen molar-refractivity contribution in [2.75, 3.05) is 0 Å². The number of furan rings is 1. The summed E-state index contributed by atoms with van der Waals surface area (Å²) in [4.78, 5) is 0. The van der Waals surface area contributed by atoms with Gasteiger partial charge in [0.1, 0.15) is 11.3 Å². The molecule has 0 bridgehead atoms. The lowest BCUT2D eigenvalue weighted by Gasteiger charge is -2.03. The zero-order chi connectivity index (χ0) is 14.1. The molecular formula is C20H17NO. The van der Waals surface area contributed by atoms with Crippen LogP contribution in [0.1, 0.15) is 0 Å². The molecule has 22 heavy (non-hydrogen) atoms. The summed E-state index contributed by atoms with van der Waals surface area (Å²) in [6, 6.07) is 28.9. The number of para-hydroxylation sites is 1. The lowest BCUT2D eigenvalue weighted by Crippen LogP contribution is -1.80. The van der Waals surface area contributed by atoms with Crippen molar-refractivity contribution in [1.82, 2.24) is 6.15 Å². The molecule has 0 aliphatic carbocycles. The van der Waals surface area contributed by atoms with E-state index in [1.54, 1.807) is 0 Å². The van der Waals surface area contributed by atoms with Crippen molar-refractivity contribution in [3.8, 4) is 22.5 Å². The second-order valence-corrected chi connectivity index (χ2v) is 5.03. The van der Waals surface area contributed by atoms with Crippen LogP contribution in [0.25, 0.3) is 33.4 Å². The Kier molecular flexibility index (Phi) is 3.77. The lowest BCUT2D eigenvalue weighted by molar-refractivity contribution is 0.632. The molecule has 2 heteroatoms. The van der Waals surface area contributed by atoms with Crippen LogP contribution in [0.5, 0.6) is 0 Å². The van der Waals surface area contributed by atoms with Gasteiger partial charge in [-0.1, -0.05) is 78.9 Å². The Morgan fingerprint density at radius 3 is 1.77 bits per heavy atom. The van der Waals surface area contributed by atoms with Crippen LogP contribution in [0, 0.1) is 0 Å². The van der Waals surface area contributed by atoms with Gasteiger partial charge in [0.05, 0.1) is 0 Å². The molecule has 0 saturated carbocycles. The monoisotopic (exact) mass is 287 g/mol. The summed E-state index contributed by atoms with van der Waals surface area (Å²) < 4.78 is 6.14. The number of hydrogen-bond donors (Lipinski definition) is 1. The van der Waals surface area contributed by atoms with E-state index < -0.39 is 0 Å². The van der Waals surface area contributed by atoms with Crippen LogP contribution >= 0.6 is 0 Å². The summed E-state index contributed by atoms with van der Waals surface area (Å²) in [6.07, 6.45) is 0. The van der Waals surface area contributed by atoms with Gasteiger partial charge >= 0.3 is 0 Å². The van der Waals surface area contributed by atoms with Gasteiger partial charge in [0, 0.05) is 16.5 Å². The molecule has 0 aliphatic rings. The molecule has 0 atom stereocenters. The predicted octanol–water partition coefficient (Wildman–Crippen LogP) is 5.93. The predicted molar refractivity (Wildman–Crippen MR) is 92.1 cm³/mol. The Morgan fingerprint density at radius 1 is 0.545 bits per heavy atom. The maximum absolute atomic E-state index is 6.14. The van der Waals surface area contributed by atoms with Gasteiger partial charge < -0.3 is 10.6 Å². The van der Waals surface area contributed by atoms with Gasteiger partial charge in [0.15, 0.2) is 0 Å². The molecule has 4 rings (SSSR count). The van der Waals surface area contributed by atoms with Crippen molar-refractivity contribution in [3.05, 3.63) is 84.9 Å². The fourth-order valence-corrected chi connectivity index (χ4v) is 2.73. The average Bonchev–Trinajstić information content (AvgIpc) is 2.96. The minimum atomic E-state index is 0. The van der Waals surface area contributed by atoms with E-state index in [9.17, 15) is 0 Å². The second kappa shape index (κ2) is 5.88. The van der Waals surface area contributed by atoms with Gasteiger partial charge in [-0.25, -0.2) is 0 Å². The highest BCUT2D eigenvalue weighted by Gasteiger charge is 2.16. The first kappa shape index (κ1) is 14.1. The molecular weight excluding hydrogens is 270 g/mol. The molecule has 0 spiro atoms. The third-order valence-corrected chi connectivity index (χ3v) is 3.69. The van der Waals surface area contributed by atoms with Gasteiger partial charge in [-0.2, -0.15) is 0 Å². The fourth-order valence-electron chi connectivity index (χ4n) is 2.73. The summed E-state index contributed by atoms with van der Waals surface area (Å²) in [5, 5.41) is 1.16. The lowest BCUT2D eigenvalue weighted by atomic mass is 9.99. The maximum atomic E-state index is 6.14. The molecule has 0 radical (unpaired) electrons. The highest BCUT2D eigenvalue weighted by atomic mass is 16.3. The zero-order valence-electron chi connectivity index (χ0n) is 12.2. The fraction of sp³-hybridized carbons (Fsp3) is 0. The highest BCUT2D eigenvalue weighted by Crippen LogP contribution is 2.40. The minimum Gasteiger partial charge on any atom is -0.455 e. The van der Waals surface area contributed by atoms with Crippen LogP contribution in [0.3, 0.4) is 0 Å². The average molecular weight is 287 g/mol. The topological polar surface area (TPSA) is 48.1 Å². The highest BCUT2D eigenvalue weighted by molar-refractivity contribution is 6.01. The Hall–Kier alpha value is -2.84. The van der Waals surface area contributed by atoms with Crippen molar-refractivity contribution >= 4 is 11.0 Å². The third kappa shape index (κ3) is 2.30. The summed E-state index contributed by atoms with van der Waals surface area (Å²) in [6.45, 7) is 0. The van der Waals surface area contributed by atoms with Crippen molar-refractivity contribution in [2.45, 2.75) is 0 Å². The molecule has 0 amide bonds. The first-order valence-corrected chi connectivity index (χ1v) is 7.06. The van der Waals surface area contributed by atoms with Crippen molar-refractivity contribution in [2.24, 2.45) is 0 Å². The van der Waals surface area contributed by atoms with Gasteiger partial charge in [-0.3, -0.25) is 0 Å². The Morgan fingerprint density at radius 2 is 1.09 bits per heavy atom. The molecule has 0 aliphatic heterocycles. The number of rotatable bonds is 2. The van der Waals surface area contributed by atoms with Crippen LogP contribution < -0.4 is 6.15 Å². The molecule has 1 aromatic heterocycles. The van der Waals surface area contributed by atoms with Crippen LogP contribution in [-0.2, 0) is 0 Å². The van der Waals surface area contributed by atoms with E-state index in [4.69, 9.17) is 4.42 Å². The van der Waals surface area contributed by atoms with E-state index in [-0.39, 0.29) is 6.15 Å². The van der Waals surface area contributed by atoms with E-state index in [0.717, 1.165) is 27.9 Å². The van der Waals surface area contributed by atoms with E-state index in [1.165, 1.54) is 5.56 Å². The number of benzene rings is 3. The molecule has 3 aromatic carbocycles.